The van der Waals surface area contributed by atoms with Gasteiger partial charge in [-0.15, -0.1) is 23.1 Å². The Morgan fingerprint density at radius 1 is 1.21 bits per heavy atom. The summed E-state index contributed by atoms with van der Waals surface area (Å²) in [5.41, 5.74) is 7.09. The van der Waals surface area contributed by atoms with E-state index in [1.165, 1.54) is 29.4 Å². The van der Waals surface area contributed by atoms with Crippen molar-refractivity contribution in [3.8, 4) is 11.3 Å². The van der Waals surface area contributed by atoms with Crippen LogP contribution in [0.15, 0.2) is 47.8 Å². The summed E-state index contributed by atoms with van der Waals surface area (Å²) in [6.07, 6.45) is 3.38. The average Bonchev–Trinajstić information content (AvgIpc) is 3.02. The Bertz CT molecular complexity index is 851. The molecule has 3 rings (SSSR count). The zero-order valence-corrected chi connectivity index (χ0v) is 14.7. The molecule has 8 heteroatoms. The highest BCUT2D eigenvalue weighted by Crippen LogP contribution is 2.27. The van der Waals surface area contributed by atoms with Gasteiger partial charge in [0.1, 0.15) is 22.0 Å². The highest BCUT2D eigenvalue weighted by molar-refractivity contribution is 7.98. The van der Waals surface area contributed by atoms with Gasteiger partial charge in [-0.3, -0.25) is 15.6 Å². The number of thioether (sulfide) groups is 1. The van der Waals surface area contributed by atoms with Crippen LogP contribution < -0.4 is 10.9 Å². The van der Waals surface area contributed by atoms with Crippen LogP contribution >= 0.6 is 23.1 Å². The Morgan fingerprint density at radius 2 is 2.00 bits per heavy atom. The van der Waals surface area contributed by atoms with Gasteiger partial charge in [0, 0.05) is 11.6 Å². The fourth-order valence-electron chi connectivity index (χ4n) is 2.07. The van der Waals surface area contributed by atoms with Gasteiger partial charge in [-0.25, -0.2) is 15.0 Å². The fraction of sp³-hybridized carbons (Fsp3) is 0.125. The van der Waals surface area contributed by atoms with Crippen LogP contribution in [0.2, 0.25) is 0 Å². The zero-order valence-electron chi connectivity index (χ0n) is 13.1. The minimum Gasteiger partial charge on any atom is -0.281 e. The molecule has 24 heavy (non-hydrogen) atoms. The number of hydrogen-bond acceptors (Lipinski definition) is 7. The van der Waals surface area contributed by atoms with Gasteiger partial charge in [0.15, 0.2) is 0 Å². The number of carbonyl (C=O) groups is 1. The van der Waals surface area contributed by atoms with Crippen LogP contribution in [0, 0.1) is 6.92 Å². The number of amides is 1. The Hall–Kier alpha value is -2.45. The molecule has 1 amide bonds. The van der Waals surface area contributed by atoms with Crippen LogP contribution in [-0.2, 0) is 0 Å². The van der Waals surface area contributed by atoms with E-state index >= 15 is 0 Å². The summed E-state index contributed by atoms with van der Waals surface area (Å²) in [7, 11) is 0. The van der Waals surface area contributed by atoms with Crippen molar-refractivity contribution in [2.45, 2.75) is 11.9 Å². The molecule has 0 saturated carbocycles. The first-order valence-electron chi connectivity index (χ1n) is 7.12. The van der Waals surface area contributed by atoms with Crippen LogP contribution in [0.4, 0.5) is 5.82 Å². The third kappa shape index (κ3) is 3.72. The lowest BCUT2D eigenvalue weighted by Gasteiger charge is -2.08. The molecule has 0 unspecified atom stereocenters. The molecule has 0 aliphatic carbocycles. The second-order valence-corrected chi connectivity index (χ2v) is 6.83. The Morgan fingerprint density at radius 3 is 2.75 bits per heavy atom. The number of carbonyl (C=O) groups excluding carboxylic acids is 1. The van der Waals surface area contributed by atoms with Crippen molar-refractivity contribution in [3.05, 3.63) is 52.6 Å². The third-order valence-corrected chi connectivity index (χ3v) is 4.75. The van der Waals surface area contributed by atoms with Crippen molar-refractivity contribution in [1.82, 2.24) is 20.4 Å². The molecule has 0 aliphatic heterocycles. The second-order valence-electron chi connectivity index (χ2n) is 4.80. The molecule has 2 aromatic heterocycles. The summed E-state index contributed by atoms with van der Waals surface area (Å²) in [6, 6.07) is 11.4. The summed E-state index contributed by atoms with van der Waals surface area (Å²) < 4.78 is 0. The van der Waals surface area contributed by atoms with E-state index in [4.69, 9.17) is 0 Å². The number of nitrogens with zero attached hydrogens (tertiary/aromatic N) is 3. The molecule has 6 nitrogen and oxygen atoms in total. The van der Waals surface area contributed by atoms with Crippen LogP contribution in [0.25, 0.3) is 11.3 Å². The summed E-state index contributed by atoms with van der Waals surface area (Å²) >= 11 is 2.86. The standard InChI is InChI=1S/C16H15N5OS2/c1-10-19-14(11-6-4-3-5-7-11)15(24-10)16(22)21-20-12-8-13(23-2)18-9-17-12/h3-9H,1-2H3,(H,21,22)(H,17,18,20). The zero-order chi connectivity index (χ0) is 16.9. The van der Waals surface area contributed by atoms with E-state index in [2.05, 4.69) is 25.8 Å². The quantitative estimate of drug-likeness (QED) is 0.414. The Kier molecular flexibility index (Phi) is 5.07. The molecule has 0 fully saturated rings. The molecule has 2 N–H and O–H groups in total. The largest absolute Gasteiger partial charge is 0.282 e. The molecule has 0 atom stereocenters. The smallest absolute Gasteiger partial charge is 0.281 e. The van der Waals surface area contributed by atoms with Crippen LogP contribution in [0.5, 0.6) is 0 Å². The normalized spacial score (nSPS) is 10.4. The molecule has 0 aliphatic rings. The number of thiazole rings is 1. The second kappa shape index (κ2) is 7.41. The van der Waals surface area contributed by atoms with Gasteiger partial charge in [-0.05, 0) is 13.2 Å². The topological polar surface area (TPSA) is 79.8 Å². The number of rotatable bonds is 5. The number of aromatic nitrogens is 3. The van der Waals surface area contributed by atoms with Gasteiger partial charge in [0.05, 0.1) is 10.7 Å². The van der Waals surface area contributed by atoms with Crippen LogP contribution in [0.1, 0.15) is 14.7 Å². The first kappa shape index (κ1) is 16.4. The maximum atomic E-state index is 12.5. The number of hydrogen-bond donors (Lipinski definition) is 2. The minimum absolute atomic E-state index is 0.247. The Labute approximate surface area is 147 Å². The van der Waals surface area contributed by atoms with Crippen molar-refractivity contribution < 1.29 is 4.79 Å². The first-order chi connectivity index (χ1) is 11.7. The average molecular weight is 357 g/mol. The Balaban J connectivity index is 1.78. The fourth-order valence-corrected chi connectivity index (χ4v) is 3.29. The highest BCUT2D eigenvalue weighted by Gasteiger charge is 2.18. The molecule has 1 aromatic carbocycles. The van der Waals surface area contributed by atoms with Crippen molar-refractivity contribution >= 4 is 34.8 Å². The van der Waals surface area contributed by atoms with Crippen molar-refractivity contribution in [2.75, 3.05) is 11.7 Å². The van der Waals surface area contributed by atoms with E-state index in [-0.39, 0.29) is 5.91 Å². The van der Waals surface area contributed by atoms with Gasteiger partial charge in [-0.2, -0.15) is 0 Å². The van der Waals surface area contributed by atoms with Gasteiger partial charge in [-0.1, -0.05) is 30.3 Å². The molecule has 0 saturated heterocycles. The molecular weight excluding hydrogens is 342 g/mol. The summed E-state index contributed by atoms with van der Waals surface area (Å²) in [6.45, 7) is 1.89. The number of aryl methyl sites for hydroxylation is 1. The van der Waals surface area contributed by atoms with Crippen molar-refractivity contribution in [3.63, 3.8) is 0 Å². The van der Waals surface area contributed by atoms with E-state index in [9.17, 15) is 4.79 Å². The van der Waals surface area contributed by atoms with Gasteiger partial charge >= 0.3 is 0 Å². The maximum absolute atomic E-state index is 12.5. The van der Waals surface area contributed by atoms with E-state index in [0.717, 1.165) is 15.6 Å². The maximum Gasteiger partial charge on any atom is 0.282 e. The third-order valence-electron chi connectivity index (χ3n) is 3.14. The van der Waals surface area contributed by atoms with Gasteiger partial charge in [0.25, 0.3) is 5.91 Å². The minimum atomic E-state index is -0.247. The van der Waals surface area contributed by atoms with Crippen LogP contribution in [-0.4, -0.2) is 27.1 Å². The predicted molar refractivity (Wildman–Crippen MR) is 97.2 cm³/mol. The van der Waals surface area contributed by atoms with E-state index in [0.29, 0.717) is 16.4 Å². The van der Waals surface area contributed by atoms with Crippen molar-refractivity contribution in [2.24, 2.45) is 0 Å². The number of hydrazine groups is 1. The lowest BCUT2D eigenvalue weighted by molar-refractivity contribution is 0.0967. The molecule has 0 radical (unpaired) electrons. The SMILES string of the molecule is CSc1cc(NNC(=O)c2sc(C)nc2-c2ccccc2)ncn1. The molecule has 122 valence electrons. The lowest BCUT2D eigenvalue weighted by atomic mass is 10.1. The summed E-state index contributed by atoms with van der Waals surface area (Å²) in [5.74, 6) is 0.286. The highest BCUT2D eigenvalue weighted by atomic mass is 32.2. The van der Waals surface area contributed by atoms with E-state index in [1.54, 1.807) is 6.07 Å². The summed E-state index contributed by atoms with van der Waals surface area (Å²) in [5, 5.41) is 1.66. The van der Waals surface area contributed by atoms with E-state index < -0.39 is 0 Å². The summed E-state index contributed by atoms with van der Waals surface area (Å²) in [4.78, 5) is 25.7. The molecule has 2 heterocycles. The van der Waals surface area contributed by atoms with Crippen molar-refractivity contribution in [1.29, 1.82) is 0 Å². The van der Waals surface area contributed by atoms with Gasteiger partial charge < -0.3 is 0 Å². The number of nitrogens with one attached hydrogen (secondary N) is 2. The molecule has 0 spiro atoms. The number of anilines is 1. The lowest BCUT2D eigenvalue weighted by Crippen LogP contribution is -2.29. The monoisotopic (exact) mass is 357 g/mol. The predicted octanol–water partition coefficient (Wildman–Crippen LogP) is 3.39. The van der Waals surface area contributed by atoms with E-state index in [1.807, 2.05) is 43.5 Å². The molecular formula is C16H15N5OS2. The molecule has 0 bridgehead atoms. The molecule has 3 aromatic rings. The van der Waals surface area contributed by atoms with Gasteiger partial charge in [0.2, 0.25) is 0 Å². The number of benzene rings is 1. The first-order valence-corrected chi connectivity index (χ1v) is 9.16. The van der Waals surface area contributed by atoms with Crippen LogP contribution in [0.3, 0.4) is 0 Å².